The number of nitrogens with one attached hydrogen (secondary N) is 1. The van der Waals surface area contributed by atoms with Crippen LogP contribution in [0.5, 0.6) is 0 Å². The van der Waals surface area contributed by atoms with Gasteiger partial charge in [0, 0.05) is 5.92 Å². The normalized spacial score (nSPS) is 25.3. The van der Waals surface area contributed by atoms with Gasteiger partial charge in [-0.15, -0.1) is 0 Å². The highest BCUT2D eigenvalue weighted by Gasteiger charge is 2.43. The van der Waals surface area contributed by atoms with Gasteiger partial charge in [-0.1, -0.05) is 37.3 Å². The van der Waals surface area contributed by atoms with Gasteiger partial charge >= 0.3 is 12.1 Å². The first-order valence-corrected chi connectivity index (χ1v) is 7.03. The van der Waals surface area contributed by atoms with Gasteiger partial charge in [0.1, 0.15) is 17.7 Å². The Bertz CT molecular complexity index is 521. The third kappa shape index (κ3) is 3.74. The van der Waals surface area contributed by atoms with E-state index < -0.39 is 23.7 Å². The summed E-state index contributed by atoms with van der Waals surface area (Å²) in [7, 11) is 0. The fraction of sp³-hybridized carbons (Fsp3) is 0.500. The van der Waals surface area contributed by atoms with Gasteiger partial charge in [0.2, 0.25) is 0 Å². The fourth-order valence-electron chi connectivity index (χ4n) is 2.33. The molecule has 0 aromatic heterocycles. The van der Waals surface area contributed by atoms with E-state index in [1.54, 1.807) is 20.8 Å². The van der Waals surface area contributed by atoms with Crippen molar-refractivity contribution in [3.63, 3.8) is 0 Å². The molecule has 1 amide bonds. The quantitative estimate of drug-likeness (QED) is 0.851. The number of alkyl carbamates (subject to hydrolysis) is 1. The molecule has 1 saturated heterocycles. The van der Waals surface area contributed by atoms with E-state index in [-0.39, 0.29) is 12.0 Å². The van der Waals surface area contributed by atoms with Gasteiger partial charge in [0.15, 0.2) is 0 Å². The van der Waals surface area contributed by atoms with E-state index in [1.807, 2.05) is 37.3 Å². The minimum atomic E-state index is -0.690. The first-order chi connectivity index (χ1) is 9.78. The van der Waals surface area contributed by atoms with E-state index in [9.17, 15) is 9.59 Å². The first kappa shape index (κ1) is 15.4. The van der Waals surface area contributed by atoms with Gasteiger partial charge in [0.05, 0.1) is 0 Å². The van der Waals surface area contributed by atoms with Crippen LogP contribution in [0, 0.1) is 5.92 Å². The van der Waals surface area contributed by atoms with Crippen LogP contribution in [-0.4, -0.2) is 23.7 Å². The number of hydrogen-bond donors (Lipinski definition) is 1. The molecule has 1 aliphatic rings. The molecule has 1 aliphatic heterocycles. The standard InChI is InChI=1S/C16H21NO4/c1-10-12(17-15(19)21-16(2,3)4)14(18)20-13(10)11-8-6-5-7-9-11/h5-10,12-13H,1-4H3,(H,17,19)/t10-,12+,13-/m0/s1. The summed E-state index contributed by atoms with van der Waals surface area (Å²) < 4.78 is 10.6. The van der Waals surface area contributed by atoms with Crippen LogP contribution in [-0.2, 0) is 14.3 Å². The molecule has 1 aromatic carbocycles. The zero-order chi connectivity index (χ0) is 15.6. The minimum absolute atomic E-state index is 0.160. The van der Waals surface area contributed by atoms with Crippen molar-refractivity contribution >= 4 is 12.1 Å². The molecule has 2 rings (SSSR count). The highest BCUT2D eigenvalue weighted by Crippen LogP contribution is 2.35. The van der Waals surface area contributed by atoms with Crippen molar-refractivity contribution in [1.29, 1.82) is 0 Å². The van der Waals surface area contributed by atoms with Gasteiger partial charge < -0.3 is 14.8 Å². The summed E-state index contributed by atoms with van der Waals surface area (Å²) in [5.74, 6) is -0.588. The number of esters is 1. The number of rotatable bonds is 2. The van der Waals surface area contributed by atoms with Crippen molar-refractivity contribution in [1.82, 2.24) is 5.32 Å². The third-order valence-electron chi connectivity index (χ3n) is 3.30. The Hall–Kier alpha value is -2.04. The zero-order valence-corrected chi connectivity index (χ0v) is 12.8. The van der Waals surface area contributed by atoms with E-state index in [4.69, 9.17) is 9.47 Å². The molecule has 1 aromatic rings. The average Bonchev–Trinajstić information content (AvgIpc) is 2.66. The van der Waals surface area contributed by atoms with Gasteiger partial charge in [-0.05, 0) is 26.3 Å². The lowest BCUT2D eigenvalue weighted by atomic mass is 9.94. The lowest BCUT2D eigenvalue weighted by Gasteiger charge is -2.22. The molecule has 1 N–H and O–H groups in total. The molecule has 1 heterocycles. The second kappa shape index (κ2) is 5.76. The summed E-state index contributed by atoms with van der Waals surface area (Å²) in [5.41, 5.74) is 0.320. The number of carbonyl (C=O) groups is 2. The van der Waals surface area contributed by atoms with Crippen molar-refractivity contribution in [3.8, 4) is 0 Å². The van der Waals surface area contributed by atoms with Crippen LogP contribution < -0.4 is 5.32 Å². The third-order valence-corrected chi connectivity index (χ3v) is 3.30. The molecular formula is C16H21NO4. The Morgan fingerprint density at radius 1 is 1.24 bits per heavy atom. The minimum Gasteiger partial charge on any atom is -0.456 e. The van der Waals surface area contributed by atoms with Crippen LogP contribution >= 0.6 is 0 Å². The second-order valence-corrected chi connectivity index (χ2v) is 6.25. The molecule has 0 aliphatic carbocycles. The Kier molecular flexibility index (Phi) is 4.21. The molecule has 0 spiro atoms. The molecule has 1 fully saturated rings. The van der Waals surface area contributed by atoms with E-state index in [2.05, 4.69) is 5.32 Å². The van der Waals surface area contributed by atoms with Crippen LogP contribution in [0.4, 0.5) is 4.79 Å². The number of cyclic esters (lactones) is 1. The maximum atomic E-state index is 12.0. The van der Waals surface area contributed by atoms with Crippen molar-refractivity contribution in [3.05, 3.63) is 35.9 Å². The molecule has 5 heteroatoms. The van der Waals surface area contributed by atoms with Crippen molar-refractivity contribution in [2.24, 2.45) is 5.92 Å². The number of carbonyl (C=O) groups excluding carboxylic acids is 2. The van der Waals surface area contributed by atoms with Crippen LogP contribution in [0.25, 0.3) is 0 Å². The molecule has 21 heavy (non-hydrogen) atoms. The fourth-order valence-corrected chi connectivity index (χ4v) is 2.33. The lowest BCUT2D eigenvalue weighted by Crippen LogP contribution is -2.44. The van der Waals surface area contributed by atoms with Gasteiger partial charge in [0.25, 0.3) is 0 Å². The maximum absolute atomic E-state index is 12.0. The predicted octanol–water partition coefficient (Wildman–Crippen LogP) is 2.81. The van der Waals surface area contributed by atoms with Crippen LogP contribution in [0.2, 0.25) is 0 Å². The first-order valence-electron chi connectivity index (χ1n) is 7.03. The highest BCUT2D eigenvalue weighted by molar-refractivity contribution is 5.83. The van der Waals surface area contributed by atoms with Crippen molar-refractivity contribution in [2.45, 2.75) is 45.4 Å². The van der Waals surface area contributed by atoms with Gasteiger partial charge in [-0.25, -0.2) is 9.59 Å². The zero-order valence-electron chi connectivity index (χ0n) is 12.8. The molecule has 5 nitrogen and oxygen atoms in total. The van der Waals surface area contributed by atoms with Crippen molar-refractivity contribution < 1.29 is 19.1 Å². The average molecular weight is 291 g/mol. The summed E-state index contributed by atoms with van der Waals surface area (Å²) in [6.07, 6.45) is -0.955. The second-order valence-electron chi connectivity index (χ2n) is 6.25. The Morgan fingerprint density at radius 2 is 1.86 bits per heavy atom. The molecule has 0 bridgehead atoms. The van der Waals surface area contributed by atoms with Gasteiger partial charge in [-0.3, -0.25) is 0 Å². The van der Waals surface area contributed by atoms with Crippen LogP contribution in [0.1, 0.15) is 39.4 Å². The van der Waals surface area contributed by atoms with Crippen LogP contribution in [0.15, 0.2) is 30.3 Å². The number of ether oxygens (including phenoxy) is 2. The Morgan fingerprint density at radius 3 is 2.43 bits per heavy atom. The summed E-state index contributed by atoms with van der Waals surface area (Å²) in [6, 6.07) is 8.82. The van der Waals surface area contributed by atoms with E-state index in [0.29, 0.717) is 0 Å². The Labute approximate surface area is 124 Å². The number of amides is 1. The summed E-state index contributed by atoms with van der Waals surface area (Å²) in [6.45, 7) is 7.20. The van der Waals surface area contributed by atoms with E-state index in [1.165, 1.54) is 0 Å². The van der Waals surface area contributed by atoms with E-state index >= 15 is 0 Å². The van der Waals surface area contributed by atoms with E-state index in [0.717, 1.165) is 5.56 Å². The van der Waals surface area contributed by atoms with Crippen molar-refractivity contribution in [2.75, 3.05) is 0 Å². The molecule has 0 radical (unpaired) electrons. The maximum Gasteiger partial charge on any atom is 0.408 e. The largest absolute Gasteiger partial charge is 0.456 e. The van der Waals surface area contributed by atoms with Gasteiger partial charge in [-0.2, -0.15) is 0 Å². The molecule has 0 saturated carbocycles. The molecular weight excluding hydrogens is 270 g/mol. The van der Waals surface area contributed by atoms with Crippen LogP contribution in [0.3, 0.4) is 0 Å². The number of benzene rings is 1. The summed E-state index contributed by atoms with van der Waals surface area (Å²) in [5, 5.41) is 2.60. The molecule has 0 unspecified atom stereocenters. The summed E-state index contributed by atoms with van der Waals surface area (Å²) in [4.78, 5) is 23.8. The number of hydrogen-bond acceptors (Lipinski definition) is 4. The summed E-state index contributed by atoms with van der Waals surface area (Å²) >= 11 is 0. The topological polar surface area (TPSA) is 64.6 Å². The smallest absolute Gasteiger partial charge is 0.408 e. The monoisotopic (exact) mass is 291 g/mol. The predicted molar refractivity (Wildman–Crippen MR) is 77.6 cm³/mol. The SMILES string of the molecule is C[C@@H]1[C@@H](c2ccccc2)OC(=O)[C@@H]1NC(=O)OC(C)(C)C. The molecule has 114 valence electrons. The Balaban J connectivity index is 2.05. The highest BCUT2D eigenvalue weighted by atomic mass is 16.6. The molecule has 3 atom stereocenters. The lowest BCUT2D eigenvalue weighted by molar-refractivity contribution is -0.143.